The Labute approximate surface area is 206 Å². The van der Waals surface area contributed by atoms with E-state index in [1.165, 1.54) is 4.31 Å². The number of carbonyl (C=O) groups is 2. The number of benzene rings is 3. The first-order chi connectivity index (χ1) is 16.7. The molecule has 9 heteroatoms. The highest BCUT2D eigenvalue weighted by Crippen LogP contribution is 2.23. The predicted molar refractivity (Wildman–Crippen MR) is 137 cm³/mol. The second-order valence-electron chi connectivity index (χ2n) is 8.05. The first-order valence-corrected chi connectivity index (χ1v) is 12.8. The highest BCUT2D eigenvalue weighted by molar-refractivity contribution is 7.92. The van der Waals surface area contributed by atoms with Gasteiger partial charge in [0.2, 0.25) is 10.0 Å². The summed E-state index contributed by atoms with van der Waals surface area (Å²) in [5.41, 5.74) is 3.41. The van der Waals surface area contributed by atoms with Crippen LogP contribution in [0.4, 0.5) is 11.4 Å². The van der Waals surface area contributed by atoms with E-state index in [2.05, 4.69) is 10.6 Å². The molecule has 0 radical (unpaired) electrons. The third-order valence-electron chi connectivity index (χ3n) is 5.28. The molecule has 0 fully saturated rings. The van der Waals surface area contributed by atoms with Gasteiger partial charge in [0.15, 0.2) is 0 Å². The lowest BCUT2D eigenvalue weighted by Crippen LogP contribution is -2.29. The normalized spacial score (nSPS) is 11.1. The highest BCUT2D eigenvalue weighted by Gasteiger charge is 2.19. The topological polar surface area (TPSA) is 105 Å². The number of rotatable bonds is 10. The van der Waals surface area contributed by atoms with Gasteiger partial charge < -0.3 is 15.4 Å². The largest absolute Gasteiger partial charge is 0.383 e. The monoisotopic (exact) mass is 495 g/mol. The zero-order chi connectivity index (χ0) is 25.4. The van der Waals surface area contributed by atoms with Gasteiger partial charge in [-0.25, -0.2) is 8.42 Å². The number of amides is 2. The molecule has 3 rings (SSSR count). The van der Waals surface area contributed by atoms with E-state index >= 15 is 0 Å². The van der Waals surface area contributed by atoms with Gasteiger partial charge in [-0.3, -0.25) is 13.9 Å². The Bertz CT molecular complexity index is 1270. The number of nitrogens with one attached hydrogen (secondary N) is 2. The van der Waals surface area contributed by atoms with Crippen LogP contribution < -0.4 is 14.9 Å². The van der Waals surface area contributed by atoms with E-state index in [0.29, 0.717) is 35.7 Å². The standard InChI is InChI=1S/C26H29N3O5S/c1-19-8-10-20(11-9-19)18-29(35(3,32)33)22-14-12-21(13-15-22)25(30)28-24-7-5-4-6-23(24)26(31)27-16-17-34-2/h4-15H,16-18H2,1-3H3,(H,27,31)(H,28,30). The van der Waals surface area contributed by atoms with E-state index in [-0.39, 0.29) is 12.5 Å². The maximum Gasteiger partial charge on any atom is 0.255 e. The van der Waals surface area contributed by atoms with E-state index in [4.69, 9.17) is 4.74 Å². The molecule has 0 unspecified atom stereocenters. The van der Waals surface area contributed by atoms with Gasteiger partial charge >= 0.3 is 0 Å². The summed E-state index contributed by atoms with van der Waals surface area (Å²) in [4.78, 5) is 25.3. The zero-order valence-corrected chi connectivity index (χ0v) is 20.8. The lowest BCUT2D eigenvalue weighted by Gasteiger charge is -2.23. The summed E-state index contributed by atoms with van der Waals surface area (Å²) in [5.74, 6) is -0.744. The first-order valence-electron chi connectivity index (χ1n) is 11.0. The SMILES string of the molecule is COCCNC(=O)c1ccccc1NC(=O)c1ccc(N(Cc2ccc(C)cc2)S(C)(=O)=O)cc1. The Balaban J connectivity index is 1.76. The molecular formula is C26H29N3O5S. The van der Waals surface area contributed by atoms with E-state index in [1.54, 1.807) is 55.6 Å². The van der Waals surface area contributed by atoms with Crippen LogP contribution in [0.5, 0.6) is 0 Å². The van der Waals surface area contributed by atoms with Crippen molar-refractivity contribution in [2.75, 3.05) is 36.1 Å². The van der Waals surface area contributed by atoms with Crippen molar-refractivity contribution in [1.29, 1.82) is 0 Å². The van der Waals surface area contributed by atoms with Gasteiger partial charge in [-0.15, -0.1) is 0 Å². The smallest absolute Gasteiger partial charge is 0.255 e. The number of carbonyl (C=O) groups excluding carboxylic acids is 2. The molecule has 0 heterocycles. The molecule has 0 aromatic heterocycles. The van der Waals surface area contributed by atoms with E-state index in [1.807, 2.05) is 31.2 Å². The summed E-state index contributed by atoms with van der Waals surface area (Å²) in [6, 6.07) is 20.6. The van der Waals surface area contributed by atoms with E-state index in [9.17, 15) is 18.0 Å². The molecular weight excluding hydrogens is 466 g/mol. The van der Waals surface area contributed by atoms with Gasteiger partial charge in [-0.05, 0) is 48.9 Å². The maximum absolute atomic E-state index is 12.9. The minimum absolute atomic E-state index is 0.177. The van der Waals surface area contributed by atoms with Crippen molar-refractivity contribution in [1.82, 2.24) is 5.32 Å². The Morgan fingerprint density at radius 2 is 1.57 bits per heavy atom. The van der Waals surface area contributed by atoms with Crippen molar-refractivity contribution in [2.24, 2.45) is 0 Å². The molecule has 184 valence electrons. The average Bonchev–Trinajstić information content (AvgIpc) is 2.83. The fourth-order valence-corrected chi connectivity index (χ4v) is 4.27. The van der Waals surface area contributed by atoms with Crippen molar-refractivity contribution in [3.05, 3.63) is 95.1 Å². The minimum Gasteiger partial charge on any atom is -0.383 e. The number of methoxy groups -OCH3 is 1. The van der Waals surface area contributed by atoms with Crippen molar-refractivity contribution in [2.45, 2.75) is 13.5 Å². The molecule has 35 heavy (non-hydrogen) atoms. The molecule has 0 bridgehead atoms. The zero-order valence-electron chi connectivity index (χ0n) is 19.9. The van der Waals surface area contributed by atoms with Crippen LogP contribution in [-0.2, 0) is 21.3 Å². The number of aryl methyl sites for hydroxylation is 1. The Kier molecular flexibility index (Phi) is 8.62. The number of sulfonamides is 1. The predicted octanol–water partition coefficient (Wildman–Crippen LogP) is 3.59. The minimum atomic E-state index is -3.55. The maximum atomic E-state index is 12.9. The van der Waals surface area contributed by atoms with Gasteiger partial charge in [-0.1, -0.05) is 42.0 Å². The third kappa shape index (κ3) is 7.14. The summed E-state index contributed by atoms with van der Waals surface area (Å²) in [5, 5.41) is 5.49. The van der Waals surface area contributed by atoms with Gasteiger partial charge in [0.05, 0.1) is 36.3 Å². The summed E-state index contributed by atoms with van der Waals surface area (Å²) in [7, 11) is -2.01. The Morgan fingerprint density at radius 1 is 0.914 bits per heavy atom. The highest BCUT2D eigenvalue weighted by atomic mass is 32.2. The average molecular weight is 496 g/mol. The molecule has 0 saturated heterocycles. The number of ether oxygens (including phenoxy) is 1. The fourth-order valence-electron chi connectivity index (χ4n) is 3.38. The fraction of sp³-hybridized carbons (Fsp3) is 0.231. The molecule has 0 aliphatic rings. The van der Waals surface area contributed by atoms with Crippen LogP contribution in [0, 0.1) is 6.92 Å². The molecule has 0 saturated carbocycles. The second kappa shape index (κ2) is 11.6. The molecule has 2 N–H and O–H groups in total. The number of anilines is 2. The van der Waals surface area contributed by atoms with Crippen LogP contribution >= 0.6 is 0 Å². The molecule has 0 atom stereocenters. The Hall–Kier alpha value is -3.69. The molecule has 8 nitrogen and oxygen atoms in total. The summed E-state index contributed by atoms with van der Waals surface area (Å²) in [6.07, 6.45) is 1.15. The van der Waals surface area contributed by atoms with Crippen LogP contribution in [0.25, 0.3) is 0 Å². The second-order valence-corrected chi connectivity index (χ2v) is 9.96. The van der Waals surface area contributed by atoms with E-state index in [0.717, 1.165) is 17.4 Å². The Morgan fingerprint density at radius 3 is 2.20 bits per heavy atom. The first kappa shape index (κ1) is 25.9. The quantitative estimate of drug-likeness (QED) is 0.418. The lowest BCUT2D eigenvalue weighted by molar-refractivity contribution is 0.0938. The molecule has 0 aliphatic carbocycles. The number of para-hydroxylation sites is 1. The summed E-state index contributed by atoms with van der Waals surface area (Å²) in [6.45, 7) is 2.86. The summed E-state index contributed by atoms with van der Waals surface area (Å²) >= 11 is 0. The lowest BCUT2D eigenvalue weighted by atomic mass is 10.1. The molecule has 3 aromatic rings. The van der Waals surface area contributed by atoms with Crippen molar-refractivity contribution < 1.29 is 22.7 Å². The number of hydrogen-bond acceptors (Lipinski definition) is 5. The van der Waals surface area contributed by atoms with Crippen LogP contribution in [-0.4, -0.2) is 46.7 Å². The third-order valence-corrected chi connectivity index (χ3v) is 6.42. The van der Waals surface area contributed by atoms with Crippen LogP contribution in [0.1, 0.15) is 31.8 Å². The van der Waals surface area contributed by atoms with Crippen molar-refractivity contribution in [3.8, 4) is 0 Å². The van der Waals surface area contributed by atoms with Crippen LogP contribution in [0.15, 0.2) is 72.8 Å². The van der Waals surface area contributed by atoms with Gasteiger partial charge in [0.1, 0.15) is 0 Å². The molecule has 3 aromatic carbocycles. The summed E-state index contributed by atoms with van der Waals surface area (Å²) < 4.78 is 31.2. The molecule has 0 aliphatic heterocycles. The van der Waals surface area contributed by atoms with Gasteiger partial charge in [-0.2, -0.15) is 0 Å². The van der Waals surface area contributed by atoms with Crippen LogP contribution in [0.2, 0.25) is 0 Å². The van der Waals surface area contributed by atoms with Gasteiger partial charge in [0.25, 0.3) is 11.8 Å². The van der Waals surface area contributed by atoms with Gasteiger partial charge in [0, 0.05) is 19.2 Å². The van der Waals surface area contributed by atoms with Crippen LogP contribution in [0.3, 0.4) is 0 Å². The van der Waals surface area contributed by atoms with E-state index < -0.39 is 15.9 Å². The molecule has 0 spiro atoms. The van der Waals surface area contributed by atoms with Crippen molar-refractivity contribution in [3.63, 3.8) is 0 Å². The number of nitrogens with zero attached hydrogens (tertiary/aromatic N) is 1. The van der Waals surface area contributed by atoms with Crippen molar-refractivity contribution >= 4 is 33.2 Å². The number of hydrogen-bond donors (Lipinski definition) is 2. The molecule has 2 amide bonds.